The average molecular weight is 325 g/mol. The van der Waals surface area contributed by atoms with Gasteiger partial charge in [-0.15, -0.1) is 0 Å². The van der Waals surface area contributed by atoms with Crippen LogP contribution in [-0.2, 0) is 0 Å². The second-order valence-electron chi connectivity index (χ2n) is 5.46. The molecule has 122 valence electrons. The first kappa shape index (κ1) is 15.9. The van der Waals surface area contributed by atoms with Gasteiger partial charge < -0.3 is 9.42 Å². The molecule has 0 aliphatic carbocycles. The van der Waals surface area contributed by atoms with Crippen LogP contribution in [0.25, 0.3) is 0 Å². The fraction of sp³-hybridized carbons (Fsp3) is 0.167. The Morgan fingerprint density at radius 1 is 1.21 bits per heavy atom. The number of halogens is 1. The summed E-state index contributed by atoms with van der Waals surface area (Å²) < 4.78 is 18.7. The molecule has 0 radical (unpaired) electrons. The van der Waals surface area contributed by atoms with Crippen molar-refractivity contribution in [2.45, 2.75) is 13.0 Å². The summed E-state index contributed by atoms with van der Waals surface area (Å²) in [6.45, 7) is 1.74. The summed E-state index contributed by atoms with van der Waals surface area (Å²) in [6.07, 6.45) is 1.64. The van der Waals surface area contributed by atoms with Gasteiger partial charge in [-0.25, -0.2) is 4.39 Å². The lowest BCUT2D eigenvalue weighted by Gasteiger charge is -2.27. The Morgan fingerprint density at radius 2 is 2.04 bits per heavy atom. The van der Waals surface area contributed by atoms with Gasteiger partial charge in [0.25, 0.3) is 5.91 Å². The van der Waals surface area contributed by atoms with Gasteiger partial charge in [0.1, 0.15) is 5.82 Å². The molecule has 3 aromatic rings. The number of benzene rings is 1. The summed E-state index contributed by atoms with van der Waals surface area (Å²) in [5.41, 5.74) is 1.88. The normalized spacial score (nSPS) is 12.0. The fourth-order valence-corrected chi connectivity index (χ4v) is 2.56. The molecule has 24 heavy (non-hydrogen) atoms. The molecular weight excluding hydrogens is 309 g/mol. The van der Waals surface area contributed by atoms with Crippen molar-refractivity contribution in [1.29, 1.82) is 0 Å². The van der Waals surface area contributed by atoms with Crippen LogP contribution in [0.5, 0.6) is 0 Å². The van der Waals surface area contributed by atoms with Gasteiger partial charge >= 0.3 is 0 Å². The number of carbonyl (C=O) groups excluding carboxylic acids is 1. The molecule has 2 aromatic heterocycles. The van der Waals surface area contributed by atoms with Crippen molar-refractivity contribution in [3.8, 4) is 0 Å². The molecule has 1 unspecified atom stereocenters. The zero-order chi connectivity index (χ0) is 17.1. The highest BCUT2D eigenvalue weighted by atomic mass is 19.1. The van der Waals surface area contributed by atoms with E-state index in [1.165, 1.54) is 17.0 Å². The molecule has 2 heterocycles. The molecule has 1 amide bonds. The number of amides is 1. The number of carbonyl (C=O) groups is 1. The van der Waals surface area contributed by atoms with Gasteiger partial charge in [0.05, 0.1) is 17.4 Å². The van der Waals surface area contributed by atoms with Crippen LogP contribution in [0, 0.1) is 12.7 Å². The Hall–Kier alpha value is -3.02. The smallest absolute Gasteiger partial charge is 0.293 e. The van der Waals surface area contributed by atoms with E-state index < -0.39 is 6.04 Å². The van der Waals surface area contributed by atoms with Crippen LogP contribution in [0.4, 0.5) is 4.39 Å². The van der Waals surface area contributed by atoms with E-state index in [1.807, 2.05) is 6.07 Å². The lowest BCUT2D eigenvalue weighted by atomic mass is 10.0. The van der Waals surface area contributed by atoms with Crippen molar-refractivity contribution in [3.63, 3.8) is 0 Å². The van der Waals surface area contributed by atoms with Crippen molar-refractivity contribution >= 4 is 5.91 Å². The van der Waals surface area contributed by atoms with E-state index in [4.69, 9.17) is 4.52 Å². The van der Waals surface area contributed by atoms with Gasteiger partial charge in [-0.3, -0.25) is 9.78 Å². The topological polar surface area (TPSA) is 59.2 Å². The minimum Gasteiger partial charge on any atom is -0.351 e. The fourth-order valence-electron chi connectivity index (χ4n) is 2.56. The first-order valence-electron chi connectivity index (χ1n) is 7.43. The van der Waals surface area contributed by atoms with Gasteiger partial charge in [-0.1, -0.05) is 23.4 Å². The van der Waals surface area contributed by atoms with E-state index in [9.17, 15) is 9.18 Å². The summed E-state index contributed by atoms with van der Waals surface area (Å²) in [7, 11) is 1.63. The highest BCUT2D eigenvalue weighted by molar-refractivity contribution is 5.91. The van der Waals surface area contributed by atoms with Gasteiger partial charge in [0.2, 0.25) is 5.76 Å². The highest BCUT2D eigenvalue weighted by Gasteiger charge is 2.27. The first-order valence-corrected chi connectivity index (χ1v) is 7.43. The third-order valence-corrected chi connectivity index (χ3v) is 3.68. The number of aromatic nitrogens is 2. The van der Waals surface area contributed by atoms with Crippen molar-refractivity contribution in [1.82, 2.24) is 15.0 Å². The SMILES string of the molecule is Cc1cc(C(=O)N(C)C(c2cccc(F)c2)c2ccccn2)on1. The standard InChI is InChI=1S/C18H16FN3O2/c1-12-10-16(24-21-12)18(23)22(2)17(15-8-3-4-9-20-15)13-6-5-7-14(19)11-13/h3-11,17H,1-2H3. The van der Waals surface area contributed by atoms with E-state index in [1.54, 1.807) is 50.5 Å². The van der Waals surface area contributed by atoms with Gasteiger partial charge in [0.15, 0.2) is 0 Å². The predicted octanol–water partition coefficient (Wildman–Crippen LogP) is 3.38. The molecule has 0 aliphatic rings. The van der Waals surface area contributed by atoms with E-state index in [2.05, 4.69) is 10.1 Å². The molecule has 0 N–H and O–H groups in total. The zero-order valence-electron chi connectivity index (χ0n) is 13.3. The molecule has 0 saturated carbocycles. The number of nitrogens with zero attached hydrogens (tertiary/aromatic N) is 3. The quantitative estimate of drug-likeness (QED) is 0.738. The van der Waals surface area contributed by atoms with Gasteiger partial charge in [0, 0.05) is 19.3 Å². The number of hydrogen-bond donors (Lipinski definition) is 0. The zero-order valence-corrected chi connectivity index (χ0v) is 13.3. The second-order valence-corrected chi connectivity index (χ2v) is 5.46. The minimum absolute atomic E-state index is 0.132. The monoisotopic (exact) mass is 325 g/mol. The summed E-state index contributed by atoms with van der Waals surface area (Å²) in [5, 5.41) is 3.74. The molecule has 3 rings (SSSR count). The van der Waals surface area contributed by atoms with Gasteiger partial charge in [-0.2, -0.15) is 0 Å². The number of rotatable bonds is 4. The van der Waals surface area contributed by atoms with Crippen molar-refractivity contribution in [2.75, 3.05) is 7.05 Å². The minimum atomic E-state index is -0.542. The third kappa shape index (κ3) is 3.17. The molecule has 5 nitrogen and oxygen atoms in total. The van der Waals surface area contributed by atoms with Crippen LogP contribution in [0.15, 0.2) is 59.3 Å². The predicted molar refractivity (Wildman–Crippen MR) is 85.8 cm³/mol. The second kappa shape index (κ2) is 6.62. The Morgan fingerprint density at radius 3 is 2.67 bits per heavy atom. The summed E-state index contributed by atoms with van der Waals surface area (Å²) in [4.78, 5) is 18.5. The lowest BCUT2D eigenvalue weighted by Crippen LogP contribution is -2.32. The number of hydrogen-bond acceptors (Lipinski definition) is 4. The van der Waals surface area contributed by atoms with Crippen molar-refractivity contribution in [2.24, 2.45) is 0 Å². The summed E-state index contributed by atoms with van der Waals surface area (Å²) in [5.74, 6) is -0.590. The Bertz CT molecular complexity index is 848. The largest absolute Gasteiger partial charge is 0.351 e. The molecule has 6 heteroatoms. The van der Waals surface area contributed by atoms with Crippen LogP contribution < -0.4 is 0 Å². The Balaban J connectivity index is 2.02. The molecule has 0 spiro atoms. The molecule has 0 fully saturated rings. The van der Waals surface area contributed by atoms with Crippen LogP contribution in [0.1, 0.15) is 33.5 Å². The molecular formula is C18H16FN3O2. The molecule has 0 bridgehead atoms. The molecule has 1 atom stereocenters. The lowest BCUT2D eigenvalue weighted by molar-refractivity contribution is 0.0710. The number of pyridine rings is 1. The molecule has 0 aliphatic heterocycles. The van der Waals surface area contributed by atoms with E-state index >= 15 is 0 Å². The van der Waals surface area contributed by atoms with E-state index in [-0.39, 0.29) is 17.5 Å². The summed E-state index contributed by atoms with van der Waals surface area (Å²) >= 11 is 0. The Kier molecular flexibility index (Phi) is 4.37. The molecule has 1 aromatic carbocycles. The van der Waals surface area contributed by atoms with Crippen LogP contribution in [-0.4, -0.2) is 28.0 Å². The highest BCUT2D eigenvalue weighted by Crippen LogP contribution is 2.28. The first-order chi connectivity index (χ1) is 11.6. The maximum absolute atomic E-state index is 13.7. The Labute approximate surface area is 138 Å². The third-order valence-electron chi connectivity index (χ3n) is 3.68. The van der Waals surface area contributed by atoms with Crippen LogP contribution in [0.2, 0.25) is 0 Å². The summed E-state index contributed by atoms with van der Waals surface area (Å²) in [6, 6.07) is 12.6. The maximum atomic E-state index is 13.7. The van der Waals surface area contributed by atoms with E-state index in [0.29, 0.717) is 17.0 Å². The van der Waals surface area contributed by atoms with E-state index in [0.717, 1.165) is 0 Å². The number of aryl methyl sites for hydroxylation is 1. The average Bonchev–Trinajstić information content (AvgIpc) is 3.02. The van der Waals surface area contributed by atoms with Crippen LogP contribution >= 0.6 is 0 Å². The van der Waals surface area contributed by atoms with Crippen molar-refractivity contribution < 1.29 is 13.7 Å². The molecule has 0 saturated heterocycles. The van der Waals surface area contributed by atoms with Gasteiger partial charge in [-0.05, 0) is 36.8 Å². The van der Waals surface area contributed by atoms with Crippen molar-refractivity contribution in [3.05, 3.63) is 83.3 Å². The van der Waals surface area contributed by atoms with Crippen LogP contribution in [0.3, 0.4) is 0 Å². The maximum Gasteiger partial charge on any atom is 0.293 e.